The standard InChI is InChI=1S/C21H24FNO3S/c1-21(2,3)26-20(25)23-10-9-14(13-23)18-8-7-17(12-19(18)24)27-16-6-4-5-15(22)11-16/h4-8,11-12,14,24H,9-10,13H2,1-3H3. The zero-order chi connectivity index (χ0) is 19.6. The van der Waals surface area contributed by atoms with Crippen molar-refractivity contribution in [3.8, 4) is 5.75 Å². The van der Waals surface area contributed by atoms with E-state index >= 15 is 0 Å². The minimum absolute atomic E-state index is 0.0748. The van der Waals surface area contributed by atoms with Crippen molar-refractivity contribution in [2.45, 2.75) is 48.5 Å². The Morgan fingerprint density at radius 2 is 1.96 bits per heavy atom. The number of benzene rings is 2. The molecule has 27 heavy (non-hydrogen) atoms. The van der Waals surface area contributed by atoms with Crippen LogP contribution in [0, 0.1) is 5.82 Å². The lowest BCUT2D eigenvalue weighted by Gasteiger charge is -2.24. The molecule has 2 aromatic carbocycles. The number of nitrogens with zero attached hydrogens (tertiary/aromatic N) is 1. The predicted molar refractivity (Wildman–Crippen MR) is 104 cm³/mol. The summed E-state index contributed by atoms with van der Waals surface area (Å²) in [5.41, 5.74) is 0.303. The third-order valence-electron chi connectivity index (χ3n) is 4.31. The molecule has 0 spiro atoms. The van der Waals surface area contributed by atoms with Gasteiger partial charge in [0.15, 0.2) is 0 Å². The maximum atomic E-state index is 13.3. The van der Waals surface area contributed by atoms with Crippen molar-refractivity contribution in [3.05, 3.63) is 53.8 Å². The molecule has 6 heteroatoms. The van der Waals surface area contributed by atoms with E-state index in [1.165, 1.54) is 23.9 Å². The summed E-state index contributed by atoms with van der Waals surface area (Å²) in [5.74, 6) is -0.00721. The van der Waals surface area contributed by atoms with Gasteiger partial charge in [0.25, 0.3) is 0 Å². The second kappa shape index (κ2) is 7.80. The number of aromatic hydroxyl groups is 1. The highest BCUT2D eigenvalue weighted by atomic mass is 32.2. The highest BCUT2D eigenvalue weighted by Crippen LogP contribution is 2.37. The lowest BCUT2D eigenvalue weighted by Crippen LogP contribution is -2.35. The van der Waals surface area contributed by atoms with E-state index in [4.69, 9.17) is 4.74 Å². The van der Waals surface area contributed by atoms with Gasteiger partial charge in [-0.2, -0.15) is 0 Å². The first-order chi connectivity index (χ1) is 12.7. The van der Waals surface area contributed by atoms with Gasteiger partial charge in [0.2, 0.25) is 0 Å². The SMILES string of the molecule is CC(C)(C)OC(=O)N1CCC(c2ccc(Sc3cccc(F)c3)cc2O)C1. The predicted octanol–water partition coefficient (Wildman–Crippen LogP) is 5.41. The normalized spacial score (nSPS) is 17.2. The van der Waals surface area contributed by atoms with Crippen LogP contribution in [0.2, 0.25) is 0 Å². The van der Waals surface area contributed by atoms with E-state index in [1.54, 1.807) is 17.0 Å². The average molecular weight is 389 g/mol. The van der Waals surface area contributed by atoms with Gasteiger partial charge in [0, 0.05) is 28.8 Å². The van der Waals surface area contributed by atoms with Crippen molar-refractivity contribution in [1.82, 2.24) is 4.90 Å². The fraction of sp³-hybridized carbons (Fsp3) is 0.381. The summed E-state index contributed by atoms with van der Waals surface area (Å²) in [7, 11) is 0. The molecule has 4 nitrogen and oxygen atoms in total. The number of likely N-dealkylation sites (tertiary alicyclic amines) is 1. The molecule has 1 atom stereocenters. The van der Waals surface area contributed by atoms with Gasteiger partial charge < -0.3 is 14.7 Å². The quantitative estimate of drug-likeness (QED) is 0.763. The number of phenols is 1. The third-order valence-corrected chi connectivity index (χ3v) is 5.29. The highest BCUT2D eigenvalue weighted by molar-refractivity contribution is 7.99. The summed E-state index contributed by atoms with van der Waals surface area (Å²) in [4.78, 5) is 15.5. The van der Waals surface area contributed by atoms with Gasteiger partial charge in [-0.25, -0.2) is 9.18 Å². The van der Waals surface area contributed by atoms with Gasteiger partial charge in [0.05, 0.1) is 0 Å². The van der Waals surface area contributed by atoms with Crippen LogP contribution in [-0.4, -0.2) is 34.8 Å². The van der Waals surface area contributed by atoms with Crippen LogP contribution in [-0.2, 0) is 4.74 Å². The first kappa shape index (κ1) is 19.5. The van der Waals surface area contributed by atoms with Crippen molar-refractivity contribution < 1.29 is 19.0 Å². The molecule has 3 rings (SSSR count). The smallest absolute Gasteiger partial charge is 0.410 e. The van der Waals surface area contributed by atoms with E-state index in [1.807, 2.05) is 39.0 Å². The minimum atomic E-state index is -0.521. The summed E-state index contributed by atoms with van der Waals surface area (Å²) in [6.45, 7) is 6.68. The molecule has 2 aromatic rings. The maximum Gasteiger partial charge on any atom is 0.410 e. The lowest BCUT2D eigenvalue weighted by molar-refractivity contribution is 0.0292. The van der Waals surface area contributed by atoms with E-state index in [9.17, 15) is 14.3 Å². The van der Waals surface area contributed by atoms with Crippen LogP contribution < -0.4 is 0 Å². The second-order valence-electron chi connectivity index (χ2n) is 7.69. The Balaban J connectivity index is 1.67. The van der Waals surface area contributed by atoms with Crippen molar-refractivity contribution in [1.29, 1.82) is 0 Å². The number of halogens is 1. The molecule has 0 radical (unpaired) electrons. The van der Waals surface area contributed by atoms with Crippen LogP contribution in [0.4, 0.5) is 9.18 Å². The first-order valence-electron chi connectivity index (χ1n) is 8.95. The van der Waals surface area contributed by atoms with Crippen LogP contribution in [0.1, 0.15) is 38.7 Å². The molecule has 1 fully saturated rings. The van der Waals surface area contributed by atoms with Crippen LogP contribution in [0.5, 0.6) is 5.75 Å². The zero-order valence-electron chi connectivity index (χ0n) is 15.7. The summed E-state index contributed by atoms with van der Waals surface area (Å²) in [5, 5.41) is 10.5. The molecule has 1 N–H and O–H groups in total. The molecule has 0 aromatic heterocycles. The molecule has 0 aliphatic carbocycles. The van der Waals surface area contributed by atoms with E-state index in [0.29, 0.717) is 13.1 Å². The Morgan fingerprint density at radius 1 is 1.22 bits per heavy atom. The van der Waals surface area contributed by atoms with E-state index in [-0.39, 0.29) is 23.6 Å². The first-order valence-corrected chi connectivity index (χ1v) is 9.77. The minimum Gasteiger partial charge on any atom is -0.508 e. The molecule has 1 aliphatic rings. The van der Waals surface area contributed by atoms with E-state index in [0.717, 1.165) is 21.8 Å². The van der Waals surface area contributed by atoms with Gasteiger partial charge in [-0.05, 0) is 63.1 Å². The summed E-state index contributed by atoms with van der Waals surface area (Å²) in [6.07, 6.45) is 0.464. The molecule has 144 valence electrons. The van der Waals surface area contributed by atoms with Crippen LogP contribution in [0.25, 0.3) is 0 Å². The van der Waals surface area contributed by atoms with Crippen LogP contribution >= 0.6 is 11.8 Å². The Morgan fingerprint density at radius 3 is 2.63 bits per heavy atom. The Labute approximate surface area is 163 Å². The van der Waals surface area contributed by atoms with Gasteiger partial charge in [-0.15, -0.1) is 0 Å². The average Bonchev–Trinajstić information content (AvgIpc) is 3.03. The molecule has 0 bridgehead atoms. The zero-order valence-corrected chi connectivity index (χ0v) is 16.6. The Hall–Kier alpha value is -2.21. The Bertz CT molecular complexity index is 834. The molecule has 1 aliphatic heterocycles. The monoisotopic (exact) mass is 389 g/mol. The molecular formula is C21H24FNO3S. The summed E-state index contributed by atoms with van der Waals surface area (Å²) in [6, 6.07) is 11.9. The molecule has 1 saturated heterocycles. The van der Waals surface area contributed by atoms with Gasteiger partial charge in [0.1, 0.15) is 17.2 Å². The molecular weight excluding hydrogens is 365 g/mol. The number of carbonyl (C=O) groups excluding carboxylic acids is 1. The summed E-state index contributed by atoms with van der Waals surface area (Å²) < 4.78 is 18.7. The highest BCUT2D eigenvalue weighted by Gasteiger charge is 2.31. The number of rotatable bonds is 3. The van der Waals surface area contributed by atoms with Crippen molar-refractivity contribution in [3.63, 3.8) is 0 Å². The maximum absolute atomic E-state index is 13.3. The number of ether oxygens (including phenoxy) is 1. The number of hydrogen-bond donors (Lipinski definition) is 1. The number of carbonyl (C=O) groups is 1. The number of amides is 1. The molecule has 0 saturated carbocycles. The lowest BCUT2D eigenvalue weighted by atomic mass is 9.97. The van der Waals surface area contributed by atoms with Crippen molar-refractivity contribution >= 4 is 17.9 Å². The topological polar surface area (TPSA) is 49.8 Å². The largest absolute Gasteiger partial charge is 0.508 e. The fourth-order valence-corrected chi connectivity index (χ4v) is 4.00. The number of hydrogen-bond acceptors (Lipinski definition) is 4. The third kappa shape index (κ3) is 5.16. The van der Waals surface area contributed by atoms with Crippen LogP contribution in [0.15, 0.2) is 52.3 Å². The van der Waals surface area contributed by atoms with Crippen molar-refractivity contribution in [2.75, 3.05) is 13.1 Å². The fourth-order valence-electron chi connectivity index (χ4n) is 3.11. The second-order valence-corrected chi connectivity index (χ2v) is 8.84. The van der Waals surface area contributed by atoms with Gasteiger partial charge in [-0.1, -0.05) is 23.9 Å². The molecule has 1 heterocycles. The summed E-state index contributed by atoms with van der Waals surface area (Å²) >= 11 is 1.39. The van der Waals surface area contributed by atoms with E-state index in [2.05, 4.69) is 0 Å². The van der Waals surface area contributed by atoms with E-state index < -0.39 is 5.60 Å². The van der Waals surface area contributed by atoms with Crippen LogP contribution in [0.3, 0.4) is 0 Å². The van der Waals surface area contributed by atoms with Gasteiger partial charge >= 0.3 is 6.09 Å². The number of phenolic OH excluding ortho intramolecular Hbond substituents is 1. The molecule has 1 unspecified atom stereocenters. The van der Waals surface area contributed by atoms with Crippen molar-refractivity contribution in [2.24, 2.45) is 0 Å². The molecule has 1 amide bonds. The Kier molecular flexibility index (Phi) is 5.65. The van der Waals surface area contributed by atoms with Gasteiger partial charge in [-0.3, -0.25) is 0 Å².